The molecule has 0 aliphatic heterocycles. The first-order valence-corrected chi connectivity index (χ1v) is 6.22. The summed E-state index contributed by atoms with van der Waals surface area (Å²) in [6, 6.07) is 10.0. The summed E-state index contributed by atoms with van der Waals surface area (Å²) in [7, 11) is 0. The molecule has 0 saturated heterocycles. The van der Waals surface area contributed by atoms with Crippen molar-refractivity contribution in [2.45, 2.75) is 6.92 Å². The minimum atomic E-state index is -0.531. The summed E-state index contributed by atoms with van der Waals surface area (Å²) >= 11 is 5.73. The summed E-state index contributed by atoms with van der Waals surface area (Å²) in [6.45, 7) is 2.54. The van der Waals surface area contributed by atoms with E-state index in [1.165, 1.54) is 12.1 Å². The van der Waals surface area contributed by atoms with Crippen molar-refractivity contribution in [2.24, 2.45) is 0 Å². The van der Waals surface area contributed by atoms with Gasteiger partial charge in [0, 0.05) is 11.8 Å². The molecule has 0 saturated carbocycles. The first-order chi connectivity index (χ1) is 9.10. The van der Waals surface area contributed by atoms with Crippen molar-refractivity contribution in [3.63, 3.8) is 0 Å². The second-order valence-electron chi connectivity index (χ2n) is 3.94. The Morgan fingerprint density at radius 2 is 1.95 bits per heavy atom. The van der Waals surface area contributed by atoms with E-state index in [4.69, 9.17) is 22.1 Å². The zero-order chi connectivity index (χ0) is 13.8. The van der Waals surface area contributed by atoms with E-state index in [1.54, 1.807) is 0 Å². The molecule has 0 bridgehead atoms. The quantitative estimate of drug-likeness (QED) is 0.825. The zero-order valence-electron chi connectivity index (χ0n) is 10.4. The summed E-state index contributed by atoms with van der Waals surface area (Å²) in [5, 5.41) is 3.11. The first kappa shape index (κ1) is 13.5. The Morgan fingerprint density at radius 3 is 2.58 bits per heavy atom. The Morgan fingerprint density at radius 1 is 1.26 bits per heavy atom. The van der Waals surface area contributed by atoms with Crippen LogP contribution in [0, 0.1) is 5.82 Å². The molecule has 3 nitrogen and oxygen atoms in total. The maximum atomic E-state index is 13.2. The van der Waals surface area contributed by atoms with Crippen molar-refractivity contribution >= 4 is 28.7 Å². The molecule has 5 heteroatoms. The van der Waals surface area contributed by atoms with Crippen molar-refractivity contribution in [1.29, 1.82) is 0 Å². The van der Waals surface area contributed by atoms with Crippen LogP contribution < -0.4 is 15.8 Å². The van der Waals surface area contributed by atoms with Gasteiger partial charge in [0.25, 0.3) is 0 Å². The van der Waals surface area contributed by atoms with Gasteiger partial charge in [-0.1, -0.05) is 11.6 Å². The fourth-order valence-corrected chi connectivity index (χ4v) is 1.79. The maximum absolute atomic E-state index is 13.2. The molecule has 0 unspecified atom stereocenters. The molecule has 2 rings (SSSR count). The number of nitrogens with one attached hydrogen (secondary N) is 1. The van der Waals surface area contributed by atoms with Gasteiger partial charge >= 0.3 is 0 Å². The smallest absolute Gasteiger partial charge is 0.143 e. The molecule has 0 spiro atoms. The van der Waals surface area contributed by atoms with Gasteiger partial charge in [-0.2, -0.15) is 0 Å². The van der Waals surface area contributed by atoms with E-state index >= 15 is 0 Å². The Balaban J connectivity index is 2.19. The first-order valence-electron chi connectivity index (χ1n) is 5.84. The van der Waals surface area contributed by atoms with Gasteiger partial charge in [-0.25, -0.2) is 4.39 Å². The van der Waals surface area contributed by atoms with Crippen LogP contribution in [-0.2, 0) is 0 Å². The van der Waals surface area contributed by atoms with Gasteiger partial charge in [0.15, 0.2) is 0 Å². The molecule has 100 valence electrons. The average Bonchev–Trinajstić information content (AvgIpc) is 2.38. The predicted molar refractivity (Wildman–Crippen MR) is 76.7 cm³/mol. The number of anilines is 3. The lowest BCUT2D eigenvalue weighted by Crippen LogP contribution is -1.98. The number of nitrogen functional groups attached to an aromatic ring is 1. The van der Waals surface area contributed by atoms with E-state index in [-0.39, 0.29) is 5.02 Å². The topological polar surface area (TPSA) is 47.3 Å². The zero-order valence-corrected chi connectivity index (χ0v) is 11.2. The SMILES string of the molecule is CCOc1ccc(Nc2cc(Cl)c(F)cc2N)cc1. The number of hydrogen-bond acceptors (Lipinski definition) is 3. The van der Waals surface area contributed by atoms with Gasteiger partial charge in [0.1, 0.15) is 11.6 Å². The molecule has 0 aliphatic carbocycles. The number of ether oxygens (including phenoxy) is 1. The van der Waals surface area contributed by atoms with Gasteiger partial charge < -0.3 is 15.8 Å². The highest BCUT2D eigenvalue weighted by Gasteiger charge is 2.06. The van der Waals surface area contributed by atoms with Crippen LogP contribution >= 0.6 is 11.6 Å². The van der Waals surface area contributed by atoms with Gasteiger partial charge in [0.2, 0.25) is 0 Å². The fourth-order valence-electron chi connectivity index (χ4n) is 1.63. The number of halogens is 2. The van der Waals surface area contributed by atoms with E-state index in [9.17, 15) is 4.39 Å². The van der Waals surface area contributed by atoms with Gasteiger partial charge in [-0.05, 0) is 37.3 Å². The van der Waals surface area contributed by atoms with Crippen LogP contribution in [0.2, 0.25) is 5.02 Å². The Kier molecular flexibility index (Phi) is 4.12. The van der Waals surface area contributed by atoms with Crippen LogP contribution in [0.4, 0.5) is 21.5 Å². The number of benzene rings is 2. The highest BCUT2D eigenvalue weighted by atomic mass is 35.5. The normalized spacial score (nSPS) is 10.3. The molecule has 0 atom stereocenters. The van der Waals surface area contributed by atoms with Crippen LogP contribution in [0.15, 0.2) is 36.4 Å². The summed E-state index contributed by atoms with van der Waals surface area (Å²) in [5.41, 5.74) is 7.41. The second kappa shape index (κ2) is 5.80. The third-order valence-electron chi connectivity index (χ3n) is 2.54. The lowest BCUT2D eigenvalue weighted by atomic mass is 10.2. The van der Waals surface area contributed by atoms with Crippen molar-refractivity contribution in [3.05, 3.63) is 47.2 Å². The molecular formula is C14H14ClFN2O. The maximum Gasteiger partial charge on any atom is 0.143 e. The third kappa shape index (κ3) is 3.29. The molecule has 2 aromatic rings. The lowest BCUT2D eigenvalue weighted by molar-refractivity contribution is 0.340. The fraction of sp³-hybridized carbons (Fsp3) is 0.143. The van der Waals surface area contributed by atoms with Crippen LogP contribution in [0.25, 0.3) is 0 Å². The van der Waals surface area contributed by atoms with Crippen LogP contribution in [0.3, 0.4) is 0 Å². The molecule has 0 fully saturated rings. The molecule has 0 amide bonds. The van der Waals surface area contributed by atoms with E-state index in [0.717, 1.165) is 11.4 Å². The van der Waals surface area contributed by atoms with Crippen molar-refractivity contribution < 1.29 is 9.13 Å². The number of nitrogens with two attached hydrogens (primary N) is 1. The summed E-state index contributed by atoms with van der Waals surface area (Å²) in [4.78, 5) is 0. The van der Waals surface area contributed by atoms with E-state index in [0.29, 0.717) is 18.0 Å². The van der Waals surface area contributed by atoms with E-state index in [2.05, 4.69) is 5.32 Å². The molecule has 2 aromatic carbocycles. The Hall–Kier alpha value is -1.94. The van der Waals surface area contributed by atoms with Gasteiger partial charge in [-0.15, -0.1) is 0 Å². The summed E-state index contributed by atoms with van der Waals surface area (Å²) in [5.74, 6) is 0.259. The third-order valence-corrected chi connectivity index (χ3v) is 2.83. The molecule has 19 heavy (non-hydrogen) atoms. The highest BCUT2D eigenvalue weighted by Crippen LogP contribution is 2.29. The molecular weight excluding hydrogens is 267 g/mol. The molecule has 3 N–H and O–H groups in total. The van der Waals surface area contributed by atoms with Crippen molar-refractivity contribution in [3.8, 4) is 5.75 Å². The van der Waals surface area contributed by atoms with Gasteiger partial charge in [0.05, 0.1) is 23.0 Å². The second-order valence-corrected chi connectivity index (χ2v) is 4.34. The minimum absolute atomic E-state index is 0.0302. The van der Waals surface area contributed by atoms with Gasteiger partial charge in [-0.3, -0.25) is 0 Å². The summed E-state index contributed by atoms with van der Waals surface area (Å²) < 4.78 is 18.5. The van der Waals surface area contributed by atoms with Crippen molar-refractivity contribution in [1.82, 2.24) is 0 Å². The largest absolute Gasteiger partial charge is 0.494 e. The highest BCUT2D eigenvalue weighted by molar-refractivity contribution is 6.31. The molecule has 0 heterocycles. The van der Waals surface area contributed by atoms with Crippen LogP contribution in [0.5, 0.6) is 5.75 Å². The Labute approximate surface area is 116 Å². The standard InChI is InChI=1S/C14H14ClFN2O/c1-2-19-10-5-3-9(4-6-10)18-14-7-11(15)12(16)8-13(14)17/h3-8,18H,2,17H2,1H3. The molecule has 0 aromatic heterocycles. The molecule has 0 radical (unpaired) electrons. The van der Waals surface area contributed by atoms with Crippen molar-refractivity contribution in [2.75, 3.05) is 17.7 Å². The monoisotopic (exact) mass is 280 g/mol. The lowest BCUT2D eigenvalue weighted by Gasteiger charge is -2.11. The van der Waals surface area contributed by atoms with Crippen LogP contribution in [0.1, 0.15) is 6.92 Å². The van der Waals surface area contributed by atoms with Crippen LogP contribution in [-0.4, -0.2) is 6.61 Å². The Bertz CT molecular complexity index is 572. The average molecular weight is 281 g/mol. The number of hydrogen-bond donors (Lipinski definition) is 2. The predicted octanol–water partition coefficient (Wildman–Crippen LogP) is 4.20. The number of rotatable bonds is 4. The van der Waals surface area contributed by atoms with E-state index in [1.807, 2.05) is 31.2 Å². The minimum Gasteiger partial charge on any atom is -0.494 e. The molecule has 0 aliphatic rings. The van der Waals surface area contributed by atoms with E-state index < -0.39 is 5.82 Å². The summed E-state index contributed by atoms with van der Waals surface area (Å²) in [6.07, 6.45) is 0.